The molecule has 1 rings (SSSR count). The molecule has 0 heterocycles. The van der Waals surface area contributed by atoms with Crippen LogP contribution in [0.3, 0.4) is 0 Å². The lowest BCUT2D eigenvalue weighted by molar-refractivity contribution is -0.118. The zero-order chi connectivity index (χ0) is 14.4. The summed E-state index contributed by atoms with van der Waals surface area (Å²) in [7, 11) is 4.92. The summed E-state index contributed by atoms with van der Waals surface area (Å²) in [6, 6.07) is 5.06. The van der Waals surface area contributed by atoms with E-state index in [0.717, 1.165) is 0 Å². The maximum Gasteiger partial charge on any atom is 0.241 e. The highest BCUT2D eigenvalue weighted by Crippen LogP contribution is 2.29. The lowest BCUT2D eigenvalue weighted by Crippen LogP contribution is -2.42. The Bertz CT molecular complexity index is 433. The molecule has 0 saturated heterocycles. The van der Waals surface area contributed by atoms with E-state index in [2.05, 4.69) is 10.6 Å². The molecule has 1 unspecified atom stereocenters. The predicted octanol–water partition coefficient (Wildman–Crippen LogP) is 1.89. The molecule has 0 aromatic heterocycles. The average molecular weight is 266 g/mol. The van der Waals surface area contributed by atoms with Crippen molar-refractivity contribution in [2.45, 2.75) is 19.9 Å². The number of anilines is 1. The lowest BCUT2D eigenvalue weighted by atomic mass is 10.0. The standard InChI is InChI=1S/C14H22N2O3/c1-9(2)13(15-3)14(17)16-10-6-7-11(18-4)12(8-10)19-5/h6-9,13,15H,1-5H3,(H,16,17). The van der Waals surface area contributed by atoms with Crippen LogP contribution in [-0.4, -0.2) is 33.2 Å². The highest BCUT2D eigenvalue weighted by atomic mass is 16.5. The van der Waals surface area contributed by atoms with E-state index in [0.29, 0.717) is 17.2 Å². The third-order valence-corrected chi connectivity index (χ3v) is 2.91. The summed E-state index contributed by atoms with van der Waals surface area (Å²) in [5, 5.41) is 5.87. The quantitative estimate of drug-likeness (QED) is 0.825. The molecule has 0 bridgehead atoms. The van der Waals surface area contributed by atoms with Crippen molar-refractivity contribution < 1.29 is 14.3 Å². The van der Waals surface area contributed by atoms with Crippen LogP contribution in [0.1, 0.15) is 13.8 Å². The largest absolute Gasteiger partial charge is 0.493 e. The first-order valence-electron chi connectivity index (χ1n) is 6.23. The average Bonchev–Trinajstić information content (AvgIpc) is 2.38. The van der Waals surface area contributed by atoms with Gasteiger partial charge in [0.2, 0.25) is 5.91 Å². The van der Waals surface area contributed by atoms with Crippen LogP contribution in [-0.2, 0) is 4.79 Å². The zero-order valence-corrected chi connectivity index (χ0v) is 12.1. The van der Waals surface area contributed by atoms with Gasteiger partial charge in [-0.25, -0.2) is 0 Å². The normalized spacial score (nSPS) is 12.1. The van der Waals surface area contributed by atoms with Gasteiger partial charge in [-0.2, -0.15) is 0 Å². The van der Waals surface area contributed by atoms with Crippen molar-refractivity contribution >= 4 is 11.6 Å². The molecule has 0 radical (unpaired) electrons. The number of amides is 1. The summed E-state index contributed by atoms with van der Waals surface area (Å²) in [6.07, 6.45) is 0. The molecule has 1 amide bonds. The smallest absolute Gasteiger partial charge is 0.241 e. The summed E-state index contributed by atoms with van der Waals surface area (Å²) < 4.78 is 10.4. The Morgan fingerprint density at radius 1 is 1.16 bits per heavy atom. The van der Waals surface area contributed by atoms with Gasteiger partial charge in [0.25, 0.3) is 0 Å². The zero-order valence-electron chi connectivity index (χ0n) is 12.1. The SMILES string of the molecule is CNC(C(=O)Nc1ccc(OC)c(OC)c1)C(C)C. The molecule has 2 N–H and O–H groups in total. The maximum absolute atomic E-state index is 12.1. The third kappa shape index (κ3) is 3.86. The van der Waals surface area contributed by atoms with Gasteiger partial charge in [0.05, 0.1) is 20.3 Å². The van der Waals surface area contributed by atoms with Gasteiger partial charge in [-0.05, 0) is 25.1 Å². The van der Waals surface area contributed by atoms with Crippen molar-refractivity contribution in [3.63, 3.8) is 0 Å². The molecule has 0 spiro atoms. The summed E-state index contributed by atoms with van der Waals surface area (Å²) in [5.74, 6) is 1.37. The lowest BCUT2D eigenvalue weighted by Gasteiger charge is -2.19. The molecule has 5 heteroatoms. The summed E-state index contributed by atoms with van der Waals surface area (Å²) >= 11 is 0. The number of likely N-dealkylation sites (N-methyl/N-ethyl adjacent to an activating group) is 1. The molecule has 0 aliphatic carbocycles. The first kappa shape index (κ1) is 15.3. The van der Waals surface area contributed by atoms with Crippen LogP contribution in [0.2, 0.25) is 0 Å². The van der Waals surface area contributed by atoms with Gasteiger partial charge in [-0.1, -0.05) is 13.8 Å². The first-order chi connectivity index (χ1) is 9.03. The van der Waals surface area contributed by atoms with E-state index in [1.807, 2.05) is 13.8 Å². The number of methoxy groups -OCH3 is 2. The van der Waals surface area contributed by atoms with Crippen molar-refractivity contribution in [2.75, 3.05) is 26.6 Å². The Morgan fingerprint density at radius 3 is 2.26 bits per heavy atom. The number of benzene rings is 1. The Morgan fingerprint density at radius 2 is 1.79 bits per heavy atom. The second-order valence-electron chi connectivity index (χ2n) is 4.57. The number of rotatable bonds is 6. The van der Waals surface area contributed by atoms with E-state index in [-0.39, 0.29) is 17.9 Å². The van der Waals surface area contributed by atoms with Crippen LogP contribution in [0.15, 0.2) is 18.2 Å². The maximum atomic E-state index is 12.1. The molecular weight excluding hydrogens is 244 g/mol. The molecule has 0 aliphatic rings. The van der Waals surface area contributed by atoms with Crippen LogP contribution in [0.25, 0.3) is 0 Å². The second-order valence-corrected chi connectivity index (χ2v) is 4.57. The Labute approximate surface area is 114 Å². The Balaban J connectivity index is 2.85. The van der Waals surface area contributed by atoms with E-state index < -0.39 is 0 Å². The van der Waals surface area contributed by atoms with Crippen molar-refractivity contribution in [1.82, 2.24) is 5.32 Å². The predicted molar refractivity (Wildman–Crippen MR) is 75.9 cm³/mol. The molecule has 0 fully saturated rings. The van der Waals surface area contributed by atoms with Crippen LogP contribution in [0.5, 0.6) is 11.5 Å². The molecule has 106 valence electrons. The fourth-order valence-corrected chi connectivity index (χ4v) is 1.90. The molecule has 19 heavy (non-hydrogen) atoms. The van der Waals surface area contributed by atoms with E-state index >= 15 is 0 Å². The fraction of sp³-hybridized carbons (Fsp3) is 0.500. The minimum absolute atomic E-state index is 0.0651. The molecular formula is C14H22N2O3. The van der Waals surface area contributed by atoms with Crippen molar-refractivity contribution in [3.05, 3.63) is 18.2 Å². The number of hydrogen-bond donors (Lipinski definition) is 2. The number of hydrogen-bond acceptors (Lipinski definition) is 4. The van der Waals surface area contributed by atoms with E-state index in [1.54, 1.807) is 39.5 Å². The van der Waals surface area contributed by atoms with Gasteiger partial charge in [-0.15, -0.1) is 0 Å². The number of ether oxygens (including phenoxy) is 2. The fourth-order valence-electron chi connectivity index (χ4n) is 1.90. The van der Waals surface area contributed by atoms with Gasteiger partial charge in [0, 0.05) is 11.8 Å². The van der Waals surface area contributed by atoms with Gasteiger partial charge in [-0.3, -0.25) is 4.79 Å². The molecule has 1 aromatic rings. The van der Waals surface area contributed by atoms with Gasteiger partial charge in [0.15, 0.2) is 11.5 Å². The van der Waals surface area contributed by atoms with Gasteiger partial charge >= 0.3 is 0 Å². The minimum Gasteiger partial charge on any atom is -0.493 e. The number of carbonyl (C=O) groups is 1. The Kier molecular flexibility index (Phi) is 5.63. The van der Waals surface area contributed by atoms with Crippen LogP contribution in [0.4, 0.5) is 5.69 Å². The number of nitrogens with one attached hydrogen (secondary N) is 2. The van der Waals surface area contributed by atoms with E-state index in [9.17, 15) is 4.79 Å². The molecule has 0 aliphatic heterocycles. The van der Waals surface area contributed by atoms with Crippen LogP contribution in [0, 0.1) is 5.92 Å². The van der Waals surface area contributed by atoms with Gasteiger partial charge in [0.1, 0.15) is 0 Å². The third-order valence-electron chi connectivity index (χ3n) is 2.91. The summed E-state index contributed by atoms with van der Waals surface area (Å²) in [6.45, 7) is 3.99. The van der Waals surface area contributed by atoms with Crippen LogP contribution >= 0.6 is 0 Å². The van der Waals surface area contributed by atoms with Gasteiger partial charge < -0.3 is 20.1 Å². The van der Waals surface area contributed by atoms with Crippen LogP contribution < -0.4 is 20.1 Å². The Hall–Kier alpha value is -1.75. The highest BCUT2D eigenvalue weighted by Gasteiger charge is 2.20. The molecule has 0 saturated carbocycles. The molecule has 1 aromatic carbocycles. The monoisotopic (exact) mass is 266 g/mol. The van der Waals surface area contributed by atoms with Crippen molar-refractivity contribution in [2.24, 2.45) is 5.92 Å². The van der Waals surface area contributed by atoms with E-state index in [1.165, 1.54) is 0 Å². The molecule has 1 atom stereocenters. The minimum atomic E-state index is -0.229. The van der Waals surface area contributed by atoms with Crippen molar-refractivity contribution in [3.8, 4) is 11.5 Å². The van der Waals surface area contributed by atoms with Crippen molar-refractivity contribution in [1.29, 1.82) is 0 Å². The number of carbonyl (C=O) groups excluding carboxylic acids is 1. The summed E-state index contributed by atoms with van der Waals surface area (Å²) in [5.41, 5.74) is 0.684. The molecule has 5 nitrogen and oxygen atoms in total. The summed E-state index contributed by atoms with van der Waals surface area (Å²) in [4.78, 5) is 12.1. The second kappa shape index (κ2) is 6.99. The topological polar surface area (TPSA) is 59.6 Å². The highest BCUT2D eigenvalue weighted by molar-refractivity contribution is 5.95. The first-order valence-corrected chi connectivity index (χ1v) is 6.23. The van der Waals surface area contributed by atoms with E-state index in [4.69, 9.17) is 9.47 Å².